The van der Waals surface area contributed by atoms with E-state index < -0.39 is 11.9 Å². The Kier molecular flexibility index (Phi) is 8.69. The zero-order chi connectivity index (χ0) is 23.1. The van der Waals surface area contributed by atoms with Crippen molar-refractivity contribution >= 4 is 73.2 Å². The molecule has 164 valence electrons. The SMILES string of the molecule is O=C(COc1ccc(Cl)cc1Cl)N/N=C\c1cc(Br)cc(Br)c1OC(=O)c1ccccc1. The molecule has 10 heteroatoms. The van der Waals surface area contributed by atoms with Gasteiger partial charge in [-0.1, -0.05) is 57.3 Å². The Balaban J connectivity index is 1.66. The smallest absolute Gasteiger partial charge is 0.343 e. The molecule has 0 atom stereocenters. The van der Waals surface area contributed by atoms with Gasteiger partial charge in [0.05, 0.1) is 21.3 Å². The third-order valence-corrected chi connectivity index (χ3v) is 5.46. The van der Waals surface area contributed by atoms with Gasteiger partial charge in [-0.15, -0.1) is 0 Å². The quantitative estimate of drug-likeness (QED) is 0.150. The number of halogens is 4. The molecule has 0 aliphatic carbocycles. The largest absolute Gasteiger partial charge is 0.482 e. The predicted octanol–water partition coefficient (Wildman–Crippen LogP) is 6.27. The van der Waals surface area contributed by atoms with Crippen LogP contribution in [0.15, 0.2) is 74.7 Å². The maximum absolute atomic E-state index is 12.4. The second kappa shape index (κ2) is 11.5. The van der Waals surface area contributed by atoms with Gasteiger partial charge in [-0.3, -0.25) is 4.79 Å². The number of amides is 1. The van der Waals surface area contributed by atoms with Crippen LogP contribution in [0.3, 0.4) is 0 Å². The maximum Gasteiger partial charge on any atom is 0.343 e. The standard InChI is InChI=1S/C22H14Br2Cl2N2O4/c23-15-8-14(21(17(24)9-15)32-22(30)13-4-2-1-3-5-13)11-27-28-20(29)12-31-19-7-6-16(25)10-18(19)26/h1-11H,12H2,(H,28,29)/b27-11-. The predicted molar refractivity (Wildman–Crippen MR) is 131 cm³/mol. The van der Waals surface area contributed by atoms with Crippen LogP contribution in [0.1, 0.15) is 15.9 Å². The van der Waals surface area contributed by atoms with Gasteiger partial charge in [0.1, 0.15) is 5.75 Å². The molecule has 0 spiro atoms. The topological polar surface area (TPSA) is 77.0 Å². The third-order valence-electron chi connectivity index (χ3n) is 3.89. The van der Waals surface area contributed by atoms with Crippen molar-refractivity contribution in [2.24, 2.45) is 5.10 Å². The average Bonchev–Trinajstić information content (AvgIpc) is 2.76. The number of nitrogens with one attached hydrogen (secondary N) is 1. The first kappa shape index (κ1) is 24.3. The van der Waals surface area contributed by atoms with Gasteiger partial charge in [0.15, 0.2) is 12.4 Å². The van der Waals surface area contributed by atoms with Crippen LogP contribution in [0, 0.1) is 0 Å². The van der Waals surface area contributed by atoms with Crippen molar-refractivity contribution in [2.45, 2.75) is 0 Å². The summed E-state index contributed by atoms with van der Waals surface area (Å²) in [6.45, 7) is -0.309. The Morgan fingerprint density at radius 2 is 1.78 bits per heavy atom. The monoisotopic (exact) mass is 598 g/mol. The number of benzene rings is 3. The molecule has 0 aliphatic heterocycles. The number of esters is 1. The fourth-order valence-electron chi connectivity index (χ4n) is 2.45. The highest BCUT2D eigenvalue weighted by Crippen LogP contribution is 2.32. The van der Waals surface area contributed by atoms with E-state index in [-0.39, 0.29) is 17.4 Å². The minimum absolute atomic E-state index is 0.254. The summed E-state index contributed by atoms with van der Waals surface area (Å²) < 4.78 is 12.2. The van der Waals surface area contributed by atoms with Crippen LogP contribution in [0.25, 0.3) is 0 Å². The molecular weight excluding hydrogens is 587 g/mol. The van der Waals surface area contributed by atoms with Gasteiger partial charge in [-0.2, -0.15) is 5.10 Å². The van der Waals surface area contributed by atoms with Crippen LogP contribution >= 0.6 is 55.1 Å². The average molecular weight is 601 g/mol. The van der Waals surface area contributed by atoms with E-state index in [1.807, 2.05) is 0 Å². The van der Waals surface area contributed by atoms with Crippen molar-refractivity contribution in [1.82, 2.24) is 5.43 Å². The van der Waals surface area contributed by atoms with E-state index in [9.17, 15) is 9.59 Å². The zero-order valence-corrected chi connectivity index (χ0v) is 20.8. The maximum atomic E-state index is 12.4. The highest BCUT2D eigenvalue weighted by atomic mass is 79.9. The summed E-state index contributed by atoms with van der Waals surface area (Å²) in [5.74, 6) is -0.463. The molecule has 0 unspecified atom stereocenters. The van der Waals surface area contributed by atoms with Gasteiger partial charge >= 0.3 is 5.97 Å². The van der Waals surface area contributed by atoms with Crippen LogP contribution in [0.2, 0.25) is 10.0 Å². The van der Waals surface area contributed by atoms with Gasteiger partial charge in [-0.25, -0.2) is 10.2 Å². The van der Waals surface area contributed by atoms with Gasteiger partial charge in [0.2, 0.25) is 0 Å². The van der Waals surface area contributed by atoms with Crippen molar-refractivity contribution in [3.05, 3.63) is 90.8 Å². The Morgan fingerprint density at radius 1 is 1.03 bits per heavy atom. The lowest BCUT2D eigenvalue weighted by molar-refractivity contribution is -0.123. The summed E-state index contributed by atoms with van der Waals surface area (Å²) in [6.07, 6.45) is 1.36. The van der Waals surface area contributed by atoms with E-state index in [0.717, 1.165) is 4.47 Å². The summed E-state index contributed by atoms with van der Waals surface area (Å²) in [5, 5.41) is 4.67. The number of carbonyl (C=O) groups is 2. The highest BCUT2D eigenvalue weighted by molar-refractivity contribution is 9.11. The number of hydrazone groups is 1. The van der Waals surface area contributed by atoms with E-state index >= 15 is 0 Å². The van der Waals surface area contributed by atoms with Gasteiger partial charge in [0.25, 0.3) is 5.91 Å². The molecule has 0 radical (unpaired) electrons. The zero-order valence-electron chi connectivity index (χ0n) is 16.2. The van der Waals surface area contributed by atoms with Gasteiger partial charge in [0, 0.05) is 15.1 Å². The molecule has 3 aromatic rings. The number of nitrogens with zero attached hydrogens (tertiary/aromatic N) is 1. The minimum Gasteiger partial charge on any atom is -0.482 e. The third kappa shape index (κ3) is 6.80. The molecule has 0 aliphatic rings. The molecule has 0 fully saturated rings. The van der Waals surface area contributed by atoms with E-state index in [4.69, 9.17) is 32.7 Å². The lowest BCUT2D eigenvalue weighted by Crippen LogP contribution is -2.24. The van der Waals surface area contributed by atoms with Crippen LogP contribution in [0.4, 0.5) is 0 Å². The van der Waals surface area contributed by atoms with Crippen molar-refractivity contribution in [3.63, 3.8) is 0 Å². The van der Waals surface area contributed by atoms with E-state index in [0.29, 0.717) is 26.4 Å². The first-order valence-electron chi connectivity index (χ1n) is 8.99. The van der Waals surface area contributed by atoms with Crippen LogP contribution in [-0.2, 0) is 4.79 Å². The summed E-state index contributed by atoms with van der Waals surface area (Å²) in [5.41, 5.74) is 3.20. The molecule has 0 bridgehead atoms. The number of hydrogen-bond donors (Lipinski definition) is 1. The van der Waals surface area contributed by atoms with Crippen molar-refractivity contribution in [2.75, 3.05) is 6.61 Å². The lowest BCUT2D eigenvalue weighted by Gasteiger charge is -2.10. The van der Waals surface area contributed by atoms with Crippen molar-refractivity contribution in [1.29, 1.82) is 0 Å². The van der Waals surface area contributed by atoms with E-state index in [1.165, 1.54) is 12.3 Å². The molecular formula is C22H14Br2Cl2N2O4. The normalized spacial score (nSPS) is 10.8. The molecule has 1 N–H and O–H groups in total. The van der Waals surface area contributed by atoms with Crippen molar-refractivity contribution in [3.8, 4) is 11.5 Å². The van der Waals surface area contributed by atoms with E-state index in [2.05, 4.69) is 42.4 Å². The Labute approximate surface area is 210 Å². The molecule has 3 aromatic carbocycles. The van der Waals surface area contributed by atoms with Gasteiger partial charge < -0.3 is 9.47 Å². The summed E-state index contributed by atoms with van der Waals surface area (Å²) in [4.78, 5) is 24.5. The molecule has 0 saturated heterocycles. The van der Waals surface area contributed by atoms with Crippen LogP contribution in [0.5, 0.6) is 11.5 Å². The molecule has 1 amide bonds. The fourth-order valence-corrected chi connectivity index (χ4v) is 4.25. The first-order valence-corrected chi connectivity index (χ1v) is 11.3. The second-order valence-electron chi connectivity index (χ2n) is 6.22. The lowest BCUT2D eigenvalue weighted by atomic mass is 10.2. The summed E-state index contributed by atoms with van der Waals surface area (Å²) >= 11 is 18.6. The van der Waals surface area contributed by atoms with Crippen molar-refractivity contribution < 1.29 is 19.1 Å². The molecule has 0 saturated carbocycles. The second-order valence-corrected chi connectivity index (χ2v) is 8.83. The first-order chi connectivity index (χ1) is 15.3. The Morgan fingerprint density at radius 3 is 2.50 bits per heavy atom. The molecule has 0 heterocycles. The molecule has 32 heavy (non-hydrogen) atoms. The van der Waals surface area contributed by atoms with Gasteiger partial charge in [-0.05, 0) is 58.4 Å². The van der Waals surface area contributed by atoms with E-state index in [1.54, 1.807) is 54.6 Å². The Bertz CT molecular complexity index is 1170. The molecule has 6 nitrogen and oxygen atoms in total. The van der Waals surface area contributed by atoms with Crippen LogP contribution < -0.4 is 14.9 Å². The number of ether oxygens (including phenoxy) is 2. The fraction of sp³-hybridized carbons (Fsp3) is 0.0455. The Hall–Kier alpha value is -2.39. The summed E-state index contributed by atoms with van der Waals surface area (Å²) in [7, 11) is 0. The molecule has 3 rings (SSSR count). The molecule has 0 aromatic heterocycles. The summed E-state index contributed by atoms with van der Waals surface area (Å²) in [6, 6.07) is 16.7. The number of rotatable bonds is 7. The number of carbonyl (C=O) groups excluding carboxylic acids is 2. The van der Waals surface area contributed by atoms with Crippen LogP contribution in [-0.4, -0.2) is 24.7 Å². The minimum atomic E-state index is -0.527. The number of hydrogen-bond acceptors (Lipinski definition) is 5. The highest BCUT2D eigenvalue weighted by Gasteiger charge is 2.15.